The molecule has 1 heterocycles. The van der Waals surface area contributed by atoms with Crippen LogP contribution in [0.1, 0.15) is 25.0 Å². The lowest BCUT2D eigenvalue weighted by molar-refractivity contribution is 0.122. The molecule has 0 bridgehead atoms. The van der Waals surface area contributed by atoms with Crippen LogP contribution in [-0.4, -0.2) is 19.8 Å². The SMILES string of the molecule is Clc1ccc(CNCCCOCC2CC2)o1. The number of furan rings is 1. The van der Waals surface area contributed by atoms with Crippen LogP contribution in [0, 0.1) is 5.92 Å². The minimum atomic E-state index is 0.449. The van der Waals surface area contributed by atoms with Crippen molar-refractivity contribution in [2.45, 2.75) is 25.8 Å². The van der Waals surface area contributed by atoms with E-state index in [0.717, 1.165) is 44.4 Å². The molecule has 2 rings (SSSR count). The summed E-state index contributed by atoms with van der Waals surface area (Å²) in [5, 5.41) is 3.74. The van der Waals surface area contributed by atoms with E-state index in [4.69, 9.17) is 20.8 Å². The van der Waals surface area contributed by atoms with E-state index in [-0.39, 0.29) is 0 Å². The van der Waals surface area contributed by atoms with Crippen LogP contribution < -0.4 is 5.32 Å². The maximum atomic E-state index is 5.66. The van der Waals surface area contributed by atoms with Crippen molar-refractivity contribution in [3.8, 4) is 0 Å². The maximum absolute atomic E-state index is 5.66. The van der Waals surface area contributed by atoms with Crippen LogP contribution in [0.2, 0.25) is 5.22 Å². The molecule has 1 aromatic heterocycles. The summed E-state index contributed by atoms with van der Waals surface area (Å²) in [6.07, 6.45) is 3.76. The fraction of sp³-hybridized carbons (Fsp3) is 0.667. The zero-order valence-electron chi connectivity index (χ0n) is 9.38. The van der Waals surface area contributed by atoms with Crippen LogP contribution in [0.25, 0.3) is 0 Å². The fourth-order valence-electron chi connectivity index (χ4n) is 1.49. The lowest BCUT2D eigenvalue weighted by Gasteiger charge is -2.04. The molecule has 0 radical (unpaired) electrons. The molecule has 1 N–H and O–H groups in total. The molecule has 1 aliphatic carbocycles. The molecule has 16 heavy (non-hydrogen) atoms. The highest BCUT2D eigenvalue weighted by atomic mass is 35.5. The fourth-order valence-corrected chi connectivity index (χ4v) is 1.65. The van der Waals surface area contributed by atoms with Crippen molar-refractivity contribution in [2.24, 2.45) is 5.92 Å². The Morgan fingerprint density at radius 1 is 1.44 bits per heavy atom. The average molecular weight is 244 g/mol. The molecule has 0 atom stereocenters. The van der Waals surface area contributed by atoms with Gasteiger partial charge in [0.05, 0.1) is 6.54 Å². The molecule has 1 aromatic rings. The third-order valence-corrected chi connectivity index (χ3v) is 2.82. The van der Waals surface area contributed by atoms with Crippen LogP contribution in [-0.2, 0) is 11.3 Å². The normalized spacial score (nSPS) is 15.6. The van der Waals surface area contributed by atoms with Gasteiger partial charge in [-0.05, 0) is 55.5 Å². The first-order valence-electron chi connectivity index (χ1n) is 5.87. The van der Waals surface area contributed by atoms with E-state index in [2.05, 4.69) is 5.32 Å². The summed E-state index contributed by atoms with van der Waals surface area (Å²) >= 11 is 5.66. The first-order valence-corrected chi connectivity index (χ1v) is 6.25. The molecule has 0 aromatic carbocycles. The van der Waals surface area contributed by atoms with Gasteiger partial charge in [0.15, 0.2) is 5.22 Å². The first kappa shape index (κ1) is 12.0. The number of hydrogen-bond donors (Lipinski definition) is 1. The Kier molecular flexibility index (Phi) is 4.69. The smallest absolute Gasteiger partial charge is 0.193 e. The monoisotopic (exact) mass is 243 g/mol. The largest absolute Gasteiger partial charge is 0.448 e. The number of hydrogen-bond acceptors (Lipinski definition) is 3. The summed E-state index contributed by atoms with van der Waals surface area (Å²) in [5.41, 5.74) is 0. The molecule has 90 valence electrons. The van der Waals surface area contributed by atoms with Crippen LogP contribution in [0.15, 0.2) is 16.5 Å². The van der Waals surface area contributed by atoms with Crippen LogP contribution in [0.5, 0.6) is 0 Å². The van der Waals surface area contributed by atoms with Gasteiger partial charge in [-0.15, -0.1) is 0 Å². The molecule has 0 unspecified atom stereocenters. The quantitative estimate of drug-likeness (QED) is 0.713. The standard InChI is InChI=1S/C12H18ClNO2/c13-12-5-4-11(16-12)8-14-6-1-7-15-9-10-2-3-10/h4-5,10,14H,1-3,6-9H2. The molecule has 0 amide bonds. The lowest BCUT2D eigenvalue weighted by Crippen LogP contribution is -2.16. The number of rotatable bonds is 8. The Labute approximate surface area is 101 Å². The van der Waals surface area contributed by atoms with Gasteiger partial charge in [0.2, 0.25) is 0 Å². The Hall–Kier alpha value is -0.510. The highest BCUT2D eigenvalue weighted by Gasteiger charge is 2.20. The molecule has 1 fully saturated rings. The minimum Gasteiger partial charge on any atom is -0.448 e. The predicted octanol–water partition coefficient (Wildman–Crippen LogP) is 2.84. The second-order valence-electron chi connectivity index (χ2n) is 4.25. The van der Waals surface area contributed by atoms with Crippen molar-refractivity contribution >= 4 is 11.6 Å². The van der Waals surface area contributed by atoms with Gasteiger partial charge in [-0.2, -0.15) is 0 Å². The Morgan fingerprint density at radius 3 is 3.00 bits per heavy atom. The van der Waals surface area contributed by atoms with Gasteiger partial charge in [0, 0.05) is 13.2 Å². The second kappa shape index (κ2) is 6.28. The van der Waals surface area contributed by atoms with E-state index in [9.17, 15) is 0 Å². The zero-order valence-corrected chi connectivity index (χ0v) is 10.1. The summed E-state index contributed by atoms with van der Waals surface area (Å²) in [6, 6.07) is 3.65. The van der Waals surface area contributed by atoms with Gasteiger partial charge < -0.3 is 14.5 Å². The summed E-state index contributed by atoms with van der Waals surface area (Å²) in [5.74, 6) is 1.74. The van der Waals surface area contributed by atoms with E-state index in [1.807, 2.05) is 6.07 Å². The van der Waals surface area contributed by atoms with Crippen molar-refractivity contribution in [3.05, 3.63) is 23.1 Å². The molecule has 1 saturated carbocycles. The molecule has 0 saturated heterocycles. The predicted molar refractivity (Wildman–Crippen MR) is 63.6 cm³/mol. The average Bonchev–Trinajstić information content (AvgIpc) is 3.00. The van der Waals surface area contributed by atoms with Crippen LogP contribution in [0.4, 0.5) is 0 Å². The number of nitrogens with one attached hydrogen (secondary N) is 1. The lowest BCUT2D eigenvalue weighted by atomic mass is 10.4. The number of ether oxygens (including phenoxy) is 1. The minimum absolute atomic E-state index is 0.449. The molecule has 0 spiro atoms. The summed E-state index contributed by atoms with van der Waals surface area (Å²) < 4.78 is 10.8. The molecule has 0 aliphatic heterocycles. The van der Waals surface area contributed by atoms with Crippen LogP contribution >= 0.6 is 11.6 Å². The molecule has 1 aliphatic rings. The zero-order chi connectivity index (χ0) is 11.2. The van der Waals surface area contributed by atoms with Gasteiger partial charge in [0.1, 0.15) is 5.76 Å². The summed E-state index contributed by atoms with van der Waals surface area (Å²) in [6.45, 7) is 3.48. The van der Waals surface area contributed by atoms with Crippen molar-refractivity contribution in [2.75, 3.05) is 19.8 Å². The van der Waals surface area contributed by atoms with E-state index < -0.39 is 0 Å². The van der Waals surface area contributed by atoms with E-state index in [1.165, 1.54) is 12.8 Å². The Balaban J connectivity index is 1.42. The van der Waals surface area contributed by atoms with Gasteiger partial charge in [-0.3, -0.25) is 0 Å². The molecule has 4 heteroatoms. The Bertz CT molecular complexity index is 310. The maximum Gasteiger partial charge on any atom is 0.193 e. The van der Waals surface area contributed by atoms with E-state index >= 15 is 0 Å². The first-order chi connectivity index (χ1) is 7.84. The highest BCUT2D eigenvalue weighted by molar-refractivity contribution is 6.28. The summed E-state index contributed by atoms with van der Waals surface area (Å²) in [4.78, 5) is 0. The molecular weight excluding hydrogens is 226 g/mol. The van der Waals surface area contributed by atoms with Crippen molar-refractivity contribution in [3.63, 3.8) is 0 Å². The van der Waals surface area contributed by atoms with E-state index in [1.54, 1.807) is 6.07 Å². The second-order valence-corrected chi connectivity index (χ2v) is 4.63. The topological polar surface area (TPSA) is 34.4 Å². The van der Waals surface area contributed by atoms with Crippen molar-refractivity contribution in [1.82, 2.24) is 5.32 Å². The third-order valence-electron chi connectivity index (χ3n) is 2.62. The third kappa shape index (κ3) is 4.56. The summed E-state index contributed by atoms with van der Waals surface area (Å²) in [7, 11) is 0. The van der Waals surface area contributed by atoms with Gasteiger partial charge in [-0.25, -0.2) is 0 Å². The number of halogens is 1. The van der Waals surface area contributed by atoms with Gasteiger partial charge >= 0.3 is 0 Å². The van der Waals surface area contributed by atoms with Crippen molar-refractivity contribution < 1.29 is 9.15 Å². The molecule has 3 nitrogen and oxygen atoms in total. The molecular formula is C12H18ClNO2. The van der Waals surface area contributed by atoms with E-state index in [0.29, 0.717) is 5.22 Å². The highest BCUT2D eigenvalue weighted by Crippen LogP contribution is 2.28. The van der Waals surface area contributed by atoms with Crippen LogP contribution in [0.3, 0.4) is 0 Å². The van der Waals surface area contributed by atoms with Gasteiger partial charge in [-0.1, -0.05) is 0 Å². The Morgan fingerprint density at radius 2 is 2.31 bits per heavy atom. The van der Waals surface area contributed by atoms with Crippen molar-refractivity contribution in [1.29, 1.82) is 0 Å². The van der Waals surface area contributed by atoms with Gasteiger partial charge in [0.25, 0.3) is 0 Å².